The molecule has 1 aromatic rings. The van der Waals surface area contributed by atoms with E-state index in [1.165, 1.54) is 4.90 Å². The van der Waals surface area contributed by atoms with Crippen LogP contribution in [0.2, 0.25) is 0 Å². The van der Waals surface area contributed by atoms with Crippen molar-refractivity contribution < 1.29 is 19.1 Å². The number of ether oxygens (including phenoxy) is 2. The van der Waals surface area contributed by atoms with Crippen LogP contribution in [0.25, 0.3) is 0 Å². The van der Waals surface area contributed by atoms with Gasteiger partial charge in [0.15, 0.2) is 18.2 Å². The van der Waals surface area contributed by atoms with Gasteiger partial charge in [-0.05, 0) is 19.1 Å². The molecule has 0 atom stereocenters. The summed E-state index contributed by atoms with van der Waals surface area (Å²) >= 11 is 0. The summed E-state index contributed by atoms with van der Waals surface area (Å²) < 4.78 is 10.1. The third-order valence-electron chi connectivity index (χ3n) is 2.56. The fourth-order valence-corrected chi connectivity index (χ4v) is 1.74. The monoisotopic (exact) mass is 277 g/mol. The van der Waals surface area contributed by atoms with Crippen LogP contribution in [0.4, 0.5) is 16.4 Å². The van der Waals surface area contributed by atoms with E-state index < -0.39 is 6.09 Å². The van der Waals surface area contributed by atoms with Crippen molar-refractivity contribution in [1.82, 2.24) is 4.98 Å². The number of nitrogens with one attached hydrogen (secondary N) is 1. The predicted molar refractivity (Wildman–Crippen MR) is 72.9 cm³/mol. The lowest BCUT2D eigenvalue weighted by Gasteiger charge is -2.27. The number of pyridine rings is 1. The number of aromatic nitrogens is 1. The molecule has 0 saturated carbocycles. The maximum absolute atomic E-state index is 11.8. The molecule has 2 heterocycles. The molecule has 1 N–H and O–H groups in total. The van der Waals surface area contributed by atoms with Crippen LogP contribution in [-0.4, -0.2) is 36.7 Å². The van der Waals surface area contributed by atoms with Crippen LogP contribution < -0.4 is 15.0 Å². The Hall–Kier alpha value is -2.57. The van der Waals surface area contributed by atoms with Crippen molar-refractivity contribution in [3.05, 3.63) is 24.8 Å². The Morgan fingerprint density at radius 3 is 3.15 bits per heavy atom. The Bertz CT molecular complexity index is 544. The van der Waals surface area contributed by atoms with Gasteiger partial charge in [0, 0.05) is 6.54 Å². The molecule has 106 valence electrons. The Kier molecular flexibility index (Phi) is 4.19. The van der Waals surface area contributed by atoms with E-state index in [9.17, 15) is 9.59 Å². The highest BCUT2D eigenvalue weighted by atomic mass is 16.5. The zero-order valence-corrected chi connectivity index (χ0v) is 11.1. The van der Waals surface area contributed by atoms with Crippen molar-refractivity contribution in [2.24, 2.45) is 0 Å². The molecular weight excluding hydrogens is 262 g/mol. The van der Waals surface area contributed by atoms with Crippen molar-refractivity contribution in [2.45, 2.75) is 6.92 Å². The van der Waals surface area contributed by atoms with E-state index in [2.05, 4.69) is 16.9 Å². The van der Waals surface area contributed by atoms with Crippen LogP contribution in [0, 0.1) is 0 Å². The Morgan fingerprint density at radius 1 is 1.65 bits per heavy atom. The Labute approximate surface area is 116 Å². The van der Waals surface area contributed by atoms with Gasteiger partial charge in [0.05, 0.1) is 6.61 Å². The molecule has 7 nitrogen and oxygen atoms in total. The van der Waals surface area contributed by atoms with Gasteiger partial charge in [-0.1, -0.05) is 6.08 Å². The van der Waals surface area contributed by atoms with E-state index in [1.54, 1.807) is 25.1 Å². The van der Waals surface area contributed by atoms with Gasteiger partial charge in [0.1, 0.15) is 5.82 Å². The molecule has 0 bridgehead atoms. The minimum Gasteiger partial charge on any atom is -0.480 e. The quantitative estimate of drug-likeness (QED) is 0.845. The Balaban J connectivity index is 2.25. The van der Waals surface area contributed by atoms with Gasteiger partial charge < -0.3 is 9.47 Å². The molecular formula is C13H15N3O4. The minimum atomic E-state index is -0.599. The van der Waals surface area contributed by atoms with Gasteiger partial charge in [-0.2, -0.15) is 0 Å². The number of carbonyl (C=O) groups excluding carboxylic acids is 2. The van der Waals surface area contributed by atoms with Crippen molar-refractivity contribution in [2.75, 3.05) is 30.0 Å². The van der Waals surface area contributed by atoms with E-state index in [1.807, 2.05) is 0 Å². The summed E-state index contributed by atoms with van der Waals surface area (Å²) in [6, 6.07) is 3.23. The molecule has 20 heavy (non-hydrogen) atoms. The summed E-state index contributed by atoms with van der Waals surface area (Å²) in [6.45, 7) is 5.87. The zero-order valence-electron chi connectivity index (χ0n) is 11.1. The van der Waals surface area contributed by atoms with Crippen LogP contribution in [-0.2, 0) is 9.53 Å². The first-order valence-electron chi connectivity index (χ1n) is 6.14. The first-order valence-corrected chi connectivity index (χ1v) is 6.14. The second kappa shape index (κ2) is 6.05. The fraction of sp³-hybridized carbons (Fsp3) is 0.308. The number of nitrogens with zero attached hydrogens (tertiary/aromatic N) is 2. The largest absolute Gasteiger partial charge is 0.480 e. The molecule has 2 rings (SSSR count). The third-order valence-corrected chi connectivity index (χ3v) is 2.56. The summed E-state index contributed by atoms with van der Waals surface area (Å²) in [7, 11) is 0. The van der Waals surface area contributed by atoms with Gasteiger partial charge in [-0.15, -0.1) is 6.58 Å². The third kappa shape index (κ3) is 2.87. The molecule has 0 radical (unpaired) electrons. The Morgan fingerprint density at radius 2 is 2.45 bits per heavy atom. The number of hydrogen-bond donors (Lipinski definition) is 1. The lowest BCUT2D eigenvalue weighted by atomic mass is 10.3. The number of carbonyl (C=O) groups is 2. The van der Waals surface area contributed by atoms with Gasteiger partial charge in [0.2, 0.25) is 0 Å². The maximum Gasteiger partial charge on any atom is 0.412 e. The number of fused-ring (bicyclic) bond motifs is 1. The normalized spacial score (nSPS) is 13.2. The molecule has 0 aliphatic carbocycles. The first-order chi connectivity index (χ1) is 9.65. The lowest BCUT2D eigenvalue weighted by molar-refractivity contribution is -0.121. The molecule has 1 aliphatic rings. The lowest BCUT2D eigenvalue weighted by Crippen LogP contribution is -2.39. The summed E-state index contributed by atoms with van der Waals surface area (Å²) in [5.41, 5.74) is 0. The number of hydrogen-bond acceptors (Lipinski definition) is 5. The standard InChI is InChI=1S/C13H15N3O4/c1-3-7-16-11(17)8-20-9-5-6-10(14-12(9)16)15-13(18)19-4-2/h3,5-6H,1,4,7-8H2,2H3,(H,14,15,18). The summed E-state index contributed by atoms with van der Waals surface area (Å²) in [4.78, 5) is 28.8. The van der Waals surface area contributed by atoms with Crippen LogP contribution >= 0.6 is 0 Å². The highest BCUT2D eigenvalue weighted by molar-refractivity contribution is 5.97. The van der Waals surface area contributed by atoms with Crippen molar-refractivity contribution in [1.29, 1.82) is 0 Å². The van der Waals surface area contributed by atoms with E-state index >= 15 is 0 Å². The molecule has 0 unspecified atom stereocenters. The van der Waals surface area contributed by atoms with Crippen molar-refractivity contribution in [3.8, 4) is 5.75 Å². The molecule has 0 aromatic carbocycles. The smallest absolute Gasteiger partial charge is 0.412 e. The second-order valence-corrected chi connectivity index (χ2v) is 3.95. The molecule has 1 aliphatic heterocycles. The highest BCUT2D eigenvalue weighted by Crippen LogP contribution is 2.31. The van der Waals surface area contributed by atoms with Crippen molar-refractivity contribution in [3.63, 3.8) is 0 Å². The average molecular weight is 277 g/mol. The number of rotatable bonds is 4. The predicted octanol–water partition coefficient (Wildman–Crippen LogP) is 1.56. The zero-order chi connectivity index (χ0) is 14.5. The molecule has 1 aromatic heterocycles. The molecule has 2 amide bonds. The second-order valence-electron chi connectivity index (χ2n) is 3.95. The van der Waals surface area contributed by atoms with Crippen LogP contribution in [0.1, 0.15) is 6.92 Å². The van der Waals surface area contributed by atoms with Gasteiger partial charge in [0.25, 0.3) is 5.91 Å². The molecule has 7 heteroatoms. The number of amides is 2. The van der Waals surface area contributed by atoms with E-state index in [0.29, 0.717) is 18.1 Å². The van der Waals surface area contributed by atoms with Crippen LogP contribution in [0.3, 0.4) is 0 Å². The minimum absolute atomic E-state index is 0.0346. The van der Waals surface area contributed by atoms with Crippen LogP contribution in [0.5, 0.6) is 5.75 Å². The molecule has 0 saturated heterocycles. The SMILES string of the molecule is C=CCN1C(=O)COc2ccc(NC(=O)OCC)nc21. The van der Waals surface area contributed by atoms with E-state index in [-0.39, 0.29) is 24.9 Å². The summed E-state index contributed by atoms with van der Waals surface area (Å²) in [5.74, 6) is 0.920. The van der Waals surface area contributed by atoms with Crippen molar-refractivity contribution >= 4 is 23.6 Å². The summed E-state index contributed by atoms with van der Waals surface area (Å²) in [5, 5.41) is 2.48. The van der Waals surface area contributed by atoms with E-state index in [0.717, 1.165) is 0 Å². The van der Waals surface area contributed by atoms with Gasteiger partial charge >= 0.3 is 6.09 Å². The highest BCUT2D eigenvalue weighted by Gasteiger charge is 2.26. The number of anilines is 2. The van der Waals surface area contributed by atoms with E-state index in [4.69, 9.17) is 9.47 Å². The summed E-state index contributed by atoms with van der Waals surface area (Å²) in [6.07, 6.45) is 0.999. The van der Waals surface area contributed by atoms with Gasteiger partial charge in [-0.25, -0.2) is 9.78 Å². The fourth-order valence-electron chi connectivity index (χ4n) is 1.74. The average Bonchev–Trinajstić information content (AvgIpc) is 2.42. The topological polar surface area (TPSA) is 80.8 Å². The first kappa shape index (κ1) is 13.9. The van der Waals surface area contributed by atoms with Gasteiger partial charge in [-0.3, -0.25) is 15.0 Å². The van der Waals surface area contributed by atoms with Crippen LogP contribution in [0.15, 0.2) is 24.8 Å². The molecule has 0 spiro atoms. The maximum atomic E-state index is 11.8. The molecule has 0 fully saturated rings.